The van der Waals surface area contributed by atoms with E-state index in [1.165, 1.54) is 5.56 Å². The summed E-state index contributed by atoms with van der Waals surface area (Å²) in [6.07, 6.45) is 4.84. The molecule has 84 valence electrons. The summed E-state index contributed by atoms with van der Waals surface area (Å²) in [5.74, 6) is 0.696. The Morgan fingerprint density at radius 3 is 2.62 bits per heavy atom. The van der Waals surface area contributed by atoms with Crippen molar-refractivity contribution < 1.29 is 0 Å². The maximum absolute atomic E-state index is 11.6. The Labute approximate surface area is 99.3 Å². The van der Waals surface area contributed by atoms with Gasteiger partial charge in [0.2, 0.25) is 0 Å². The molecule has 0 amide bonds. The Bertz CT molecular complexity index is 533. The summed E-state index contributed by atoms with van der Waals surface area (Å²) in [6.45, 7) is 0. The summed E-state index contributed by atoms with van der Waals surface area (Å²) in [5, 5.41) is 1.83. The first kappa shape index (κ1) is 11.2. The molecular formula is C13H14ClNO. The van der Waals surface area contributed by atoms with Crippen molar-refractivity contribution in [2.24, 2.45) is 0 Å². The first-order chi connectivity index (χ1) is 7.83. The Morgan fingerprint density at radius 1 is 1.12 bits per heavy atom. The van der Waals surface area contributed by atoms with E-state index >= 15 is 0 Å². The van der Waals surface area contributed by atoms with Crippen molar-refractivity contribution >= 4 is 22.4 Å². The van der Waals surface area contributed by atoms with E-state index in [0.29, 0.717) is 5.88 Å². The van der Waals surface area contributed by atoms with Gasteiger partial charge in [0, 0.05) is 17.5 Å². The fourth-order valence-electron chi connectivity index (χ4n) is 1.89. The lowest BCUT2D eigenvalue weighted by molar-refractivity contribution is 0.800. The number of aromatic nitrogens is 1. The summed E-state index contributed by atoms with van der Waals surface area (Å²) < 4.78 is 0. The van der Waals surface area contributed by atoms with Crippen molar-refractivity contribution in [3.63, 3.8) is 0 Å². The van der Waals surface area contributed by atoms with Crippen molar-refractivity contribution in [3.8, 4) is 0 Å². The lowest BCUT2D eigenvalue weighted by Crippen LogP contribution is -2.07. The minimum absolute atomic E-state index is 0.0170. The highest BCUT2D eigenvalue weighted by Crippen LogP contribution is 2.16. The second-order valence-electron chi connectivity index (χ2n) is 3.83. The number of alkyl halides is 1. The first-order valence-electron chi connectivity index (χ1n) is 5.48. The van der Waals surface area contributed by atoms with Gasteiger partial charge in [0.25, 0.3) is 5.56 Å². The zero-order valence-corrected chi connectivity index (χ0v) is 9.76. The highest BCUT2D eigenvalue weighted by atomic mass is 35.5. The highest BCUT2D eigenvalue weighted by Gasteiger charge is 2.03. The molecule has 0 saturated heterocycles. The van der Waals surface area contributed by atoms with Crippen LogP contribution in [0.3, 0.4) is 0 Å². The Balaban J connectivity index is 2.38. The van der Waals surface area contributed by atoms with Crippen LogP contribution in [0.2, 0.25) is 0 Å². The third-order valence-electron chi connectivity index (χ3n) is 2.72. The number of H-pyrrole nitrogens is 1. The molecule has 2 rings (SSSR count). The highest BCUT2D eigenvalue weighted by molar-refractivity contribution is 6.17. The maximum Gasteiger partial charge on any atom is 0.255 e. The number of nitrogens with one attached hydrogen (secondary N) is 1. The van der Waals surface area contributed by atoms with Crippen molar-refractivity contribution in [2.45, 2.75) is 19.3 Å². The van der Waals surface area contributed by atoms with Gasteiger partial charge in [-0.2, -0.15) is 0 Å². The number of unbranched alkanes of at least 4 members (excludes halogenated alkanes) is 1. The molecule has 1 heterocycles. The predicted octanol–water partition coefficient (Wildman–Crippen LogP) is 3.09. The molecular weight excluding hydrogens is 222 g/mol. The SMILES string of the molecule is O=c1[nH]cc(CCCCCl)c2ccccc12. The molecule has 16 heavy (non-hydrogen) atoms. The molecule has 0 atom stereocenters. The molecule has 0 fully saturated rings. The number of halogens is 1. The number of benzene rings is 1. The number of hydrogen-bond acceptors (Lipinski definition) is 1. The molecule has 2 nitrogen and oxygen atoms in total. The average molecular weight is 236 g/mol. The van der Waals surface area contributed by atoms with E-state index in [0.717, 1.165) is 30.0 Å². The number of pyridine rings is 1. The molecule has 0 bridgehead atoms. The summed E-state index contributed by atoms with van der Waals surface area (Å²) in [4.78, 5) is 14.4. The quantitative estimate of drug-likeness (QED) is 0.641. The van der Waals surface area contributed by atoms with E-state index < -0.39 is 0 Å². The summed E-state index contributed by atoms with van der Waals surface area (Å²) in [6, 6.07) is 7.72. The van der Waals surface area contributed by atoms with Crippen molar-refractivity contribution in [1.29, 1.82) is 0 Å². The van der Waals surface area contributed by atoms with Crippen molar-refractivity contribution in [3.05, 3.63) is 46.4 Å². The zero-order valence-electron chi connectivity index (χ0n) is 9.00. The van der Waals surface area contributed by atoms with Crippen LogP contribution in [0.25, 0.3) is 10.8 Å². The van der Waals surface area contributed by atoms with Gasteiger partial charge in [0.15, 0.2) is 0 Å². The van der Waals surface area contributed by atoms with E-state index in [2.05, 4.69) is 4.98 Å². The monoisotopic (exact) mass is 235 g/mol. The molecule has 1 aromatic carbocycles. The topological polar surface area (TPSA) is 32.9 Å². The van der Waals surface area contributed by atoms with Gasteiger partial charge < -0.3 is 4.98 Å². The van der Waals surface area contributed by atoms with Crippen molar-refractivity contribution in [2.75, 3.05) is 5.88 Å². The predicted molar refractivity (Wildman–Crippen MR) is 68.2 cm³/mol. The molecule has 2 aromatic rings. The Kier molecular flexibility index (Phi) is 3.62. The van der Waals surface area contributed by atoms with Crippen LogP contribution in [0.15, 0.2) is 35.3 Å². The number of aryl methyl sites for hydroxylation is 1. The second kappa shape index (κ2) is 5.17. The summed E-state index contributed by atoms with van der Waals surface area (Å²) in [7, 11) is 0. The summed E-state index contributed by atoms with van der Waals surface area (Å²) in [5.41, 5.74) is 1.18. The Hall–Kier alpha value is -1.28. The number of rotatable bonds is 4. The standard InChI is InChI=1S/C13H14ClNO/c14-8-4-3-5-10-9-15-13(16)12-7-2-1-6-11(10)12/h1-2,6-7,9H,3-5,8H2,(H,15,16). The fraction of sp³-hybridized carbons (Fsp3) is 0.308. The first-order valence-corrected chi connectivity index (χ1v) is 6.01. The second-order valence-corrected chi connectivity index (χ2v) is 4.21. The maximum atomic E-state index is 11.6. The Morgan fingerprint density at radius 2 is 1.88 bits per heavy atom. The number of hydrogen-bond donors (Lipinski definition) is 1. The van der Waals surface area contributed by atoms with Crippen LogP contribution in [0.1, 0.15) is 18.4 Å². The molecule has 0 radical (unpaired) electrons. The van der Waals surface area contributed by atoms with Crippen LogP contribution >= 0.6 is 11.6 Å². The van der Waals surface area contributed by atoms with Gasteiger partial charge in [-0.25, -0.2) is 0 Å². The smallest absolute Gasteiger partial charge is 0.255 e. The largest absolute Gasteiger partial charge is 0.328 e. The molecule has 3 heteroatoms. The molecule has 0 spiro atoms. The minimum Gasteiger partial charge on any atom is -0.328 e. The van der Waals surface area contributed by atoms with Crippen molar-refractivity contribution in [1.82, 2.24) is 4.98 Å². The van der Waals surface area contributed by atoms with Gasteiger partial charge in [-0.1, -0.05) is 18.2 Å². The zero-order chi connectivity index (χ0) is 11.4. The van der Waals surface area contributed by atoms with E-state index in [-0.39, 0.29) is 5.56 Å². The van der Waals surface area contributed by atoms with Gasteiger partial charge in [-0.05, 0) is 36.3 Å². The number of fused-ring (bicyclic) bond motifs is 1. The molecule has 0 unspecified atom stereocenters. The van der Waals surface area contributed by atoms with Crippen LogP contribution in [-0.4, -0.2) is 10.9 Å². The molecule has 0 saturated carbocycles. The van der Waals surface area contributed by atoms with Crippen LogP contribution in [0, 0.1) is 0 Å². The average Bonchev–Trinajstić information content (AvgIpc) is 2.33. The van der Waals surface area contributed by atoms with Crippen LogP contribution < -0.4 is 5.56 Å². The van der Waals surface area contributed by atoms with Gasteiger partial charge >= 0.3 is 0 Å². The fourth-order valence-corrected chi connectivity index (χ4v) is 2.08. The van der Waals surface area contributed by atoms with E-state index in [9.17, 15) is 4.79 Å². The minimum atomic E-state index is -0.0170. The molecule has 1 aromatic heterocycles. The van der Waals surface area contributed by atoms with E-state index in [4.69, 9.17) is 11.6 Å². The molecule has 0 aliphatic carbocycles. The van der Waals surface area contributed by atoms with E-state index in [1.807, 2.05) is 30.5 Å². The molecule has 0 aliphatic rings. The van der Waals surface area contributed by atoms with Gasteiger partial charge in [-0.15, -0.1) is 11.6 Å². The third-order valence-corrected chi connectivity index (χ3v) is 2.99. The van der Waals surface area contributed by atoms with Crippen LogP contribution in [-0.2, 0) is 6.42 Å². The normalized spacial score (nSPS) is 10.8. The van der Waals surface area contributed by atoms with Gasteiger partial charge in [0.1, 0.15) is 0 Å². The van der Waals surface area contributed by atoms with Gasteiger partial charge in [0.05, 0.1) is 0 Å². The van der Waals surface area contributed by atoms with Crippen LogP contribution in [0.4, 0.5) is 0 Å². The lowest BCUT2D eigenvalue weighted by Gasteiger charge is -2.04. The van der Waals surface area contributed by atoms with E-state index in [1.54, 1.807) is 0 Å². The van der Waals surface area contributed by atoms with Crippen LogP contribution in [0.5, 0.6) is 0 Å². The molecule has 0 aliphatic heterocycles. The third kappa shape index (κ3) is 2.27. The number of aromatic amines is 1. The summed E-state index contributed by atoms with van der Waals surface area (Å²) >= 11 is 5.65. The molecule has 1 N–H and O–H groups in total. The lowest BCUT2D eigenvalue weighted by atomic mass is 10.0. The van der Waals surface area contributed by atoms with Gasteiger partial charge in [-0.3, -0.25) is 4.79 Å².